The van der Waals surface area contributed by atoms with E-state index >= 15 is 0 Å². The minimum Gasteiger partial charge on any atom is -0.478 e. The SMILES string of the molecule is O=CC(O)Cn1cc(C(=O)O)c2ccccc21. The molecule has 1 aromatic heterocycles. The van der Waals surface area contributed by atoms with Crippen LogP contribution >= 0.6 is 0 Å². The Balaban J connectivity index is 2.56. The average molecular weight is 233 g/mol. The van der Waals surface area contributed by atoms with Crippen molar-refractivity contribution in [3.63, 3.8) is 0 Å². The topological polar surface area (TPSA) is 79.5 Å². The van der Waals surface area contributed by atoms with Gasteiger partial charge in [-0.2, -0.15) is 0 Å². The smallest absolute Gasteiger partial charge is 0.337 e. The monoisotopic (exact) mass is 233 g/mol. The Labute approximate surface area is 96.9 Å². The number of carbonyl (C=O) groups is 2. The Morgan fingerprint density at radius 3 is 2.76 bits per heavy atom. The molecule has 0 aliphatic heterocycles. The lowest BCUT2D eigenvalue weighted by Gasteiger charge is -2.06. The number of nitrogens with zero attached hydrogens (tertiary/aromatic N) is 1. The summed E-state index contributed by atoms with van der Waals surface area (Å²) in [6, 6.07) is 6.97. The molecular formula is C12H11NO4. The van der Waals surface area contributed by atoms with Crippen LogP contribution in [0.1, 0.15) is 10.4 Å². The van der Waals surface area contributed by atoms with Crippen LogP contribution in [0.15, 0.2) is 30.5 Å². The summed E-state index contributed by atoms with van der Waals surface area (Å²) < 4.78 is 1.57. The number of aldehydes is 1. The Hall–Kier alpha value is -2.14. The van der Waals surface area contributed by atoms with Crippen LogP contribution in [0, 0.1) is 0 Å². The van der Waals surface area contributed by atoms with Gasteiger partial charge < -0.3 is 19.6 Å². The van der Waals surface area contributed by atoms with Crippen LogP contribution in [0.3, 0.4) is 0 Å². The van der Waals surface area contributed by atoms with Gasteiger partial charge in [0.15, 0.2) is 0 Å². The van der Waals surface area contributed by atoms with Gasteiger partial charge in [-0.15, -0.1) is 0 Å². The summed E-state index contributed by atoms with van der Waals surface area (Å²) in [6.07, 6.45) is 0.724. The normalized spacial score (nSPS) is 12.5. The predicted octanol–water partition coefficient (Wildman–Crippen LogP) is 0.899. The third-order valence-corrected chi connectivity index (χ3v) is 2.56. The molecule has 0 aliphatic carbocycles. The van der Waals surface area contributed by atoms with Gasteiger partial charge in [0.25, 0.3) is 0 Å². The van der Waals surface area contributed by atoms with Crippen molar-refractivity contribution in [3.05, 3.63) is 36.0 Å². The highest BCUT2D eigenvalue weighted by atomic mass is 16.4. The van der Waals surface area contributed by atoms with Crippen molar-refractivity contribution in [1.29, 1.82) is 0 Å². The number of para-hydroxylation sites is 1. The van der Waals surface area contributed by atoms with Gasteiger partial charge in [0, 0.05) is 17.1 Å². The molecule has 17 heavy (non-hydrogen) atoms. The molecule has 0 spiro atoms. The van der Waals surface area contributed by atoms with Crippen molar-refractivity contribution in [1.82, 2.24) is 4.57 Å². The fourth-order valence-corrected chi connectivity index (χ4v) is 1.81. The molecule has 0 radical (unpaired) electrons. The molecule has 0 aliphatic rings. The molecule has 1 aromatic carbocycles. The van der Waals surface area contributed by atoms with Crippen molar-refractivity contribution in [3.8, 4) is 0 Å². The zero-order valence-corrected chi connectivity index (χ0v) is 8.91. The van der Waals surface area contributed by atoms with Crippen molar-refractivity contribution in [2.45, 2.75) is 12.6 Å². The summed E-state index contributed by atoms with van der Waals surface area (Å²) in [5.74, 6) is -1.03. The molecule has 0 amide bonds. The molecule has 0 fully saturated rings. The van der Waals surface area contributed by atoms with E-state index in [1.807, 2.05) is 0 Å². The molecule has 2 aromatic rings. The molecule has 88 valence electrons. The molecule has 1 heterocycles. The van der Waals surface area contributed by atoms with Gasteiger partial charge >= 0.3 is 5.97 Å². The van der Waals surface area contributed by atoms with Crippen LogP contribution in [-0.2, 0) is 11.3 Å². The van der Waals surface area contributed by atoms with Crippen LogP contribution in [0.5, 0.6) is 0 Å². The first kappa shape index (κ1) is 11.3. The number of carboxylic acids is 1. The van der Waals surface area contributed by atoms with Gasteiger partial charge in [-0.05, 0) is 6.07 Å². The van der Waals surface area contributed by atoms with Crippen molar-refractivity contribution < 1.29 is 19.8 Å². The number of rotatable bonds is 4. The van der Waals surface area contributed by atoms with E-state index in [1.54, 1.807) is 28.8 Å². The Morgan fingerprint density at radius 1 is 1.41 bits per heavy atom. The third-order valence-electron chi connectivity index (χ3n) is 2.56. The van der Waals surface area contributed by atoms with E-state index in [0.717, 1.165) is 0 Å². The predicted molar refractivity (Wildman–Crippen MR) is 61.0 cm³/mol. The average Bonchev–Trinajstić information content (AvgIpc) is 2.68. The second-order valence-corrected chi connectivity index (χ2v) is 3.72. The number of carboxylic acid groups (broad SMARTS) is 1. The van der Waals surface area contributed by atoms with E-state index in [0.29, 0.717) is 17.2 Å². The van der Waals surface area contributed by atoms with Gasteiger partial charge in [0.1, 0.15) is 12.4 Å². The Bertz CT molecular complexity index is 573. The lowest BCUT2D eigenvalue weighted by Crippen LogP contribution is -2.16. The number of aromatic nitrogens is 1. The number of benzene rings is 1. The fraction of sp³-hybridized carbons (Fsp3) is 0.167. The van der Waals surface area contributed by atoms with E-state index in [-0.39, 0.29) is 12.1 Å². The molecule has 0 saturated carbocycles. The molecule has 1 unspecified atom stereocenters. The number of aliphatic hydroxyl groups is 1. The van der Waals surface area contributed by atoms with Gasteiger partial charge in [-0.1, -0.05) is 18.2 Å². The van der Waals surface area contributed by atoms with E-state index in [4.69, 9.17) is 5.11 Å². The first-order valence-corrected chi connectivity index (χ1v) is 5.08. The summed E-state index contributed by atoms with van der Waals surface area (Å²) >= 11 is 0. The van der Waals surface area contributed by atoms with Crippen LogP contribution in [0.2, 0.25) is 0 Å². The fourth-order valence-electron chi connectivity index (χ4n) is 1.81. The van der Waals surface area contributed by atoms with Crippen molar-refractivity contribution in [2.24, 2.45) is 0 Å². The van der Waals surface area contributed by atoms with Crippen LogP contribution in [0.25, 0.3) is 10.9 Å². The number of hydrogen-bond donors (Lipinski definition) is 2. The largest absolute Gasteiger partial charge is 0.478 e. The number of fused-ring (bicyclic) bond motifs is 1. The summed E-state index contributed by atoms with van der Waals surface area (Å²) in [4.78, 5) is 21.4. The first-order valence-electron chi connectivity index (χ1n) is 5.08. The van der Waals surface area contributed by atoms with Gasteiger partial charge in [-0.3, -0.25) is 0 Å². The lowest BCUT2D eigenvalue weighted by molar-refractivity contribution is -0.115. The highest BCUT2D eigenvalue weighted by Gasteiger charge is 2.14. The molecule has 5 nitrogen and oxygen atoms in total. The van der Waals surface area contributed by atoms with E-state index in [2.05, 4.69) is 0 Å². The van der Waals surface area contributed by atoms with E-state index < -0.39 is 12.1 Å². The zero-order valence-electron chi connectivity index (χ0n) is 8.91. The summed E-state index contributed by atoms with van der Waals surface area (Å²) in [5.41, 5.74) is 0.851. The van der Waals surface area contributed by atoms with Crippen LogP contribution in [-0.4, -0.2) is 33.1 Å². The minimum absolute atomic E-state index is 0.0529. The molecule has 2 rings (SSSR count). The third kappa shape index (κ3) is 2.05. The molecule has 2 N–H and O–H groups in total. The van der Waals surface area contributed by atoms with Gasteiger partial charge in [0.2, 0.25) is 0 Å². The first-order chi connectivity index (χ1) is 8.13. The number of aromatic carboxylic acids is 1. The van der Waals surface area contributed by atoms with Gasteiger partial charge in [-0.25, -0.2) is 4.79 Å². The molecule has 5 heteroatoms. The molecule has 0 bridgehead atoms. The lowest BCUT2D eigenvalue weighted by atomic mass is 10.2. The standard InChI is InChI=1S/C12H11NO4/c14-7-8(15)5-13-6-10(12(16)17)9-3-1-2-4-11(9)13/h1-4,6-8,15H,5H2,(H,16,17). The Kier molecular flexibility index (Phi) is 2.93. The number of carbonyl (C=O) groups excluding carboxylic acids is 1. The summed E-state index contributed by atoms with van der Waals surface area (Å²) in [7, 11) is 0. The molecular weight excluding hydrogens is 222 g/mol. The highest BCUT2D eigenvalue weighted by Crippen LogP contribution is 2.21. The minimum atomic E-state index is -1.13. The van der Waals surface area contributed by atoms with E-state index in [1.165, 1.54) is 6.20 Å². The number of hydrogen-bond acceptors (Lipinski definition) is 3. The maximum atomic E-state index is 11.0. The Morgan fingerprint density at radius 2 is 2.12 bits per heavy atom. The second-order valence-electron chi connectivity index (χ2n) is 3.72. The maximum absolute atomic E-state index is 11.0. The quantitative estimate of drug-likeness (QED) is 0.769. The van der Waals surface area contributed by atoms with Crippen molar-refractivity contribution in [2.75, 3.05) is 0 Å². The van der Waals surface area contributed by atoms with Crippen LogP contribution < -0.4 is 0 Å². The maximum Gasteiger partial charge on any atom is 0.337 e. The highest BCUT2D eigenvalue weighted by molar-refractivity contribution is 6.03. The van der Waals surface area contributed by atoms with Crippen LogP contribution in [0.4, 0.5) is 0 Å². The molecule has 1 atom stereocenters. The second kappa shape index (κ2) is 4.39. The summed E-state index contributed by atoms with van der Waals surface area (Å²) in [5, 5.41) is 18.9. The van der Waals surface area contributed by atoms with Gasteiger partial charge in [0.05, 0.1) is 12.1 Å². The number of aliphatic hydroxyl groups excluding tert-OH is 1. The summed E-state index contributed by atoms with van der Waals surface area (Å²) in [6.45, 7) is 0.0529. The van der Waals surface area contributed by atoms with Crippen molar-refractivity contribution >= 4 is 23.2 Å². The molecule has 0 saturated heterocycles. The zero-order chi connectivity index (χ0) is 12.4. The van der Waals surface area contributed by atoms with E-state index in [9.17, 15) is 14.7 Å².